The number of nitrogens with one attached hydrogen (secondary N) is 1. The van der Waals surface area contributed by atoms with Crippen molar-refractivity contribution in [3.05, 3.63) is 42.5 Å². The first kappa shape index (κ1) is 10.5. The van der Waals surface area contributed by atoms with E-state index in [1.54, 1.807) is 6.26 Å². The molecule has 17 heavy (non-hydrogen) atoms. The van der Waals surface area contributed by atoms with Gasteiger partial charge in [0.1, 0.15) is 17.7 Å². The minimum Gasteiger partial charge on any atom is -0.464 e. The van der Waals surface area contributed by atoms with Gasteiger partial charge in [-0.05, 0) is 11.8 Å². The molecule has 0 saturated carbocycles. The lowest BCUT2D eigenvalue weighted by Crippen LogP contribution is -1.88. The van der Waals surface area contributed by atoms with Crippen LogP contribution in [0.2, 0.25) is 0 Å². The maximum atomic E-state index is 5.51. The van der Waals surface area contributed by atoms with E-state index in [0.29, 0.717) is 0 Å². The number of hydrogen-bond acceptors (Lipinski definition) is 3. The van der Waals surface area contributed by atoms with Crippen LogP contribution in [0, 0.1) is 0 Å². The van der Waals surface area contributed by atoms with Crippen molar-refractivity contribution >= 4 is 23.6 Å². The van der Waals surface area contributed by atoms with E-state index in [-0.39, 0.29) is 0 Å². The van der Waals surface area contributed by atoms with E-state index in [9.17, 15) is 0 Å². The van der Waals surface area contributed by atoms with Crippen molar-refractivity contribution in [2.75, 3.05) is 5.75 Å². The summed E-state index contributed by atoms with van der Waals surface area (Å²) in [5, 5.41) is 1.11. The van der Waals surface area contributed by atoms with E-state index < -0.39 is 0 Å². The van der Waals surface area contributed by atoms with Crippen LogP contribution in [0.1, 0.15) is 5.82 Å². The number of fused-ring (bicyclic) bond motifs is 1. The van der Waals surface area contributed by atoms with E-state index in [2.05, 4.69) is 22.6 Å². The fraction of sp³-hybridized carbons (Fsp3) is 0.154. The van der Waals surface area contributed by atoms with Crippen molar-refractivity contribution in [3.63, 3.8) is 0 Å². The normalized spacial score (nSPS) is 11.1. The van der Waals surface area contributed by atoms with Gasteiger partial charge < -0.3 is 9.40 Å². The molecule has 0 fully saturated rings. The summed E-state index contributed by atoms with van der Waals surface area (Å²) < 4.78 is 5.51. The number of aromatic amines is 1. The molecule has 1 aromatic carbocycles. The summed E-state index contributed by atoms with van der Waals surface area (Å²) in [7, 11) is 0. The number of rotatable bonds is 3. The highest BCUT2D eigenvalue weighted by atomic mass is 32.1. The van der Waals surface area contributed by atoms with Gasteiger partial charge in [-0.2, -0.15) is 12.6 Å². The Balaban J connectivity index is 2.07. The molecule has 3 rings (SSSR count). The number of hydrogen-bond donors (Lipinski definition) is 2. The van der Waals surface area contributed by atoms with E-state index in [1.165, 1.54) is 0 Å². The fourth-order valence-electron chi connectivity index (χ4n) is 1.92. The summed E-state index contributed by atoms with van der Waals surface area (Å²) >= 11 is 4.20. The number of thiol groups is 1. The summed E-state index contributed by atoms with van der Waals surface area (Å²) in [6.45, 7) is 0. The molecule has 0 unspecified atom stereocenters. The number of furan rings is 1. The minimum atomic E-state index is 0.791. The molecule has 2 heterocycles. The largest absolute Gasteiger partial charge is 0.464 e. The molecule has 0 aliphatic heterocycles. The highest BCUT2D eigenvalue weighted by Crippen LogP contribution is 2.29. The second kappa shape index (κ2) is 4.30. The van der Waals surface area contributed by atoms with Gasteiger partial charge in [0, 0.05) is 17.4 Å². The van der Waals surface area contributed by atoms with Gasteiger partial charge in [0.15, 0.2) is 0 Å². The fourth-order valence-corrected chi connectivity index (χ4v) is 2.13. The van der Waals surface area contributed by atoms with Crippen LogP contribution in [0.5, 0.6) is 0 Å². The summed E-state index contributed by atoms with van der Waals surface area (Å²) in [5.41, 5.74) is 2.94. The predicted molar refractivity (Wildman–Crippen MR) is 71.4 cm³/mol. The molecule has 0 spiro atoms. The van der Waals surface area contributed by atoms with Crippen molar-refractivity contribution in [1.82, 2.24) is 9.97 Å². The zero-order valence-electron chi connectivity index (χ0n) is 9.18. The Kier molecular flexibility index (Phi) is 2.65. The van der Waals surface area contributed by atoms with Gasteiger partial charge in [-0.15, -0.1) is 0 Å². The van der Waals surface area contributed by atoms with E-state index in [4.69, 9.17) is 4.42 Å². The van der Waals surface area contributed by atoms with Crippen molar-refractivity contribution in [3.8, 4) is 11.3 Å². The third kappa shape index (κ3) is 1.85. The monoisotopic (exact) mass is 244 g/mol. The highest BCUT2D eigenvalue weighted by molar-refractivity contribution is 7.80. The van der Waals surface area contributed by atoms with Crippen LogP contribution in [0.15, 0.2) is 41.1 Å². The van der Waals surface area contributed by atoms with Crippen LogP contribution in [-0.2, 0) is 6.42 Å². The van der Waals surface area contributed by atoms with Gasteiger partial charge in [-0.3, -0.25) is 0 Å². The van der Waals surface area contributed by atoms with Crippen LogP contribution in [0.3, 0.4) is 0 Å². The molecule has 0 radical (unpaired) electrons. The SMILES string of the molecule is SCCc1ncc(-c2coc3ccccc23)[nH]1. The van der Waals surface area contributed by atoms with Crippen molar-refractivity contribution in [2.45, 2.75) is 6.42 Å². The van der Waals surface area contributed by atoms with Crippen LogP contribution in [0.4, 0.5) is 0 Å². The number of H-pyrrole nitrogens is 1. The van der Waals surface area contributed by atoms with E-state index in [0.717, 1.165) is 40.2 Å². The lowest BCUT2D eigenvalue weighted by atomic mass is 10.1. The average Bonchev–Trinajstić information content (AvgIpc) is 2.95. The highest BCUT2D eigenvalue weighted by Gasteiger charge is 2.09. The topological polar surface area (TPSA) is 41.8 Å². The Hall–Kier alpha value is -1.68. The molecule has 2 aromatic heterocycles. The summed E-state index contributed by atoms with van der Waals surface area (Å²) in [6.07, 6.45) is 4.46. The molecular formula is C13H12N2OS. The number of nitrogens with zero attached hydrogens (tertiary/aromatic N) is 1. The predicted octanol–water partition coefficient (Wildman–Crippen LogP) is 3.30. The van der Waals surface area contributed by atoms with E-state index in [1.807, 2.05) is 30.5 Å². The zero-order valence-corrected chi connectivity index (χ0v) is 10.1. The van der Waals surface area contributed by atoms with Gasteiger partial charge in [0.25, 0.3) is 0 Å². The Labute approximate surface area is 104 Å². The van der Waals surface area contributed by atoms with Gasteiger partial charge in [-0.25, -0.2) is 4.98 Å². The third-order valence-corrected chi connectivity index (χ3v) is 2.97. The Bertz CT molecular complexity index is 641. The first-order valence-corrected chi connectivity index (χ1v) is 6.13. The lowest BCUT2D eigenvalue weighted by molar-refractivity contribution is 0.617. The lowest BCUT2D eigenvalue weighted by Gasteiger charge is -1.93. The number of imidazole rings is 1. The summed E-state index contributed by atoms with van der Waals surface area (Å²) in [5.74, 6) is 1.75. The molecule has 86 valence electrons. The average molecular weight is 244 g/mol. The van der Waals surface area contributed by atoms with Crippen LogP contribution in [-0.4, -0.2) is 15.7 Å². The van der Waals surface area contributed by atoms with Gasteiger partial charge in [-0.1, -0.05) is 18.2 Å². The molecule has 0 amide bonds. The first-order valence-electron chi connectivity index (χ1n) is 5.50. The Morgan fingerprint density at radius 3 is 3.06 bits per heavy atom. The molecule has 3 aromatic rings. The molecule has 1 N–H and O–H groups in total. The van der Waals surface area contributed by atoms with E-state index >= 15 is 0 Å². The van der Waals surface area contributed by atoms with Crippen molar-refractivity contribution < 1.29 is 4.42 Å². The van der Waals surface area contributed by atoms with Gasteiger partial charge in [0.2, 0.25) is 0 Å². The smallest absolute Gasteiger partial charge is 0.134 e. The first-order chi connectivity index (χ1) is 8.38. The maximum absolute atomic E-state index is 5.51. The number of aromatic nitrogens is 2. The molecular weight excluding hydrogens is 232 g/mol. The molecule has 0 bridgehead atoms. The summed E-state index contributed by atoms with van der Waals surface area (Å²) in [4.78, 5) is 7.61. The second-order valence-electron chi connectivity index (χ2n) is 3.86. The van der Waals surface area contributed by atoms with Crippen molar-refractivity contribution in [1.29, 1.82) is 0 Å². The molecule has 0 aliphatic rings. The number of benzene rings is 1. The molecule has 3 nitrogen and oxygen atoms in total. The maximum Gasteiger partial charge on any atom is 0.134 e. The number of aryl methyl sites for hydroxylation is 1. The molecule has 0 atom stereocenters. The van der Waals surface area contributed by atoms with Crippen molar-refractivity contribution in [2.24, 2.45) is 0 Å². The Morgan fingerprint density at radius 1 is 1.29 bits per heavy atom. The standard InChI is InChI=1S/C13H12N2OS/c17-6-5-13-14-7-11(15-13)10-8-16-12-4-2-1-3-9(10)12/h1-4,7-8,17H,5-6H2,(H,14,15). The molecule has 0 saturated heterocycles. The van der Waals surface area contributed by atoms with Gasteiger partial charge >= 0.3 is 0 Å². The van der Waals surface area contributed by atoms with Crippen LogP contribution in [0.25, 0.3) is 22.2 Å². The third-order valence-electron chi connectivity index (χ3n) is 2.75. The minimum absolute atomic E-state index is 0.791. The van der Waals surface area contributed by atoms with Crippen LogP contribution < -0.4 is 0 Å². The quantitative estimate of drug-likeness (QED) is 0.694. The summed E-state index contributed by atoms with van der Waals surface area (Å²) in [6, 6.07) is 7.98. The molecule has 0 aliphatic carbocycles. The number of para-hydroxylation sites is 1. The zero-order chi connectivity index (χ0) is 11.7. The van der Waals surface area contributed by atoms with Crippen LogP contribution >= 0.6 is 12.6 Å². The van der Waals surface area contributed by atoms with Gasteiger partial charge in [0.05, 0.1) is 11.9 Å². The Morgan fingerprint density at radius 2 is 2.18 bits per heavy atom. The second-order valence-corrected chi connectivity index (χ2v) is 4.31. The molecule has 4 heteroatoms.